The highest BCUT2D eigenvalue weighted by Gasteiger charge is 2.38. The molecule has 1 N–H and O–H groups in total. The highest BCUT2D eigenvalue weighted by atomic mass is 16.6. The fraction of sp³-hybridized carbons (Fsp3) is 0.579. The fourth-order valence-corrected chi connectivity index (χ4v) is 2.79. The van der Waals surface area contributed by atoms with E-state index >= 15 is 0 Å². The van der Waals surface area contributed by atoms with Crippen LogP contribution in [0.15, 0.2) is 30.3 Å². The lowest BCUT2D eigenvalue weighted by Crippen LogP contribution is -2.56. The first kappa shape index (κ1) is 20.2. The predicted octanol–water partition coefficient (Wildman–Crippen LogP) is 2.65. The summed E-state index contributed by atoms with van der Waals surface area (Å²) >= 11 is 0. The average Bonchev–Trinajstić information content (AvgIpc) is 2.60. The standard InChI is InChI=1S/C19H28N2O5/c1-19(2,3)26-18(23)21-12-15(10-11-16(21)17(22)24-4)20-25-13-14-8-6-5-7-9-14/h5-9,15-16,20H,10-13H2,1-4H3/t15-,16+/m0/s1. The minimum absolute atomic E-state index is 0.0906. The van der Waals surface area contributed by atoms with Gasteiger partial charge in [0.05, 0.1) is 19.8 Å². The topological polar surface area (TPSA) is 77.1 Å². The molecule has 1 saturated heterocycles. The van der Waals surface area contributed by atoms with Gasteiger partial charge in [-0.15, -0.1) is 0 Å². The Morgan fingerprint density at radius 3 is 2.50 bits per heavy atom. The van der Waals surface area contributed by atoms with Crippen molar-refractivity contribution >= 4 is 12.1 Å². The molecule has 1 aromatic carbocycles. The Bertz CT molecular complexity index is 600. The lowest BCUT2D eigenvalue weighted by molar-refractivity contribution is -0.149. The molecule has 7 heteroatoms. The molecule has 7 nitrogen and oxygen atoms in total. The summed E-state index contributed by atoms with van der Waals surface area (Å²) in [6.45, 7) is 6.11. The number of rotatable bonds is 5. The number of methoxy groups -OCH3 is 1. The average molecular weight is 364 g/mol. The van der Waals surface area contributed by atoms with Crippen molar-refractivity contribution in [2.45, 2.75) is 57.9 Å². The van der Waals surface area contributed by atoms with E-state index in [1.54, 1.807) is 20.8 Å². The van der Waals surface area contributed by atoms with E-state index < -0.39 is 23.7 Å². The summed E-state index contributed by atoms with van der Waals surface area (Å²) in [5.74, 6) is -0.431. The van der Waals surface area contributed by atoms with Gasteiger partial charge in [0.25, 0.3) is 0 Å². The lowest BCUT2D eigenvalue weighted by atomic mass is 9.99. The Hall–Kier alpha value is -2.12. The third-order valence-electron chi connectivity index (χ3n) is 4.01. The van der Waals surface area contributed by atoms with E-state index in [4.69, 9.17) is 14.3 Å². The number of hydroxylamine groups is 1. The molecule has 1 aliphatic rings. The molecule has 0 bridgehead atoms. The summed E-state index contributed by atoms with van der Waals surface area (Å²) in [6.07, 6.45) is 0.647. The van der Waals surface area contributed by atoms with E-state index in [1.807, 2.05) is 30.3 Å². The molecule has 0 spiro atoms. The molecule has 0 radical (unpaired) electrons. The van der Waals surface area contributed by atoms with Gasteiger partial charge in [-0.2, -0.15) is 5.48 Å². The van der Waals surface area contributed by atoms with Crippen LogP contribution in [0.1, 0.15) is 39.2 Å². The summed E-state index contributed by atoms with van der Waals surface area (Å²) in [7, 11) is 1.32. The zero-order valence-electron chi connectivity index (χ0n) is 15.9. The van der Waals surface area contributed by atoms with Crippen LogP contribution in [-0.4, -0.2) is 48.3 Å². The van der Waals surface area contributed by atoms with Gasteiger partial charge >= 0.3 is 12.1 Å². The molecular formula is C19H28N2O5. The molecule has 0 aromatic heterocycles. The zero-order chi connectivity index (χ0) is 19.2. The number of carbonyl (C=O) groups is 2. The zero-order valence-corrected chi connectivity index (χ0v) is 15.9. The number of ether oxygens (including phenoxy) is 2. The lowest BCUT2D eigenvalue weighted by Gasteiger charge is -2.38. The second-order valence-electron chi connectivity index (χ2n) is 7.34. The van der Waals surface area contributed by atoms with Crippen molar-refractivity contribution in [1.29, 1.82) is 0 Å². The first-order chi connectivity index (χ1) is 12.3. The van der Waals surface area contributed by atoms with Gasteiger partial charge in [0.1, 0.15) is 11.6 Å². The molecule has 1 aromatic rings. The molecule has 144 valence electrons. The second kappa shape index (κ2) is 9.00. The minimum Gasteiger partial charge on any atom is -0.467 e. The number of likely N-dealkylation sites (tertiary alicyclic amines) is 1. The van der Waals surface area contributed by atoms with Gasteiger partial charge in [0.2, 0.25) is 0 Å². The monoisotopic (exact) mass is 364 g/mol. The molecule has 26 heavy (non-hydrogen) atoms. The van der Waals surface area contributed by atoms with E-state index in [0.717, 1.165) is 5.56 Å². The summed E-state index contributed by atoms with van der Waals surface area (Å²) in [6, 6.07) is 9.07. The number of nitrogens with one attached hydrogen (secondary N) is 1. The van der Waals surface area contributed by atoms with Crippen molar-refractivity contribution < 1.29 is 23.9 Å². The number of carbonyl (C=O) groups excluding carboxylic acids is 2. The third kappa shape index (κ3) is 6.00. The fourth-order valence-electron chi connectivity index (χ4n) is 2.79. The number of nitrogens with zero attached hydrogens (tertiary/aromatic N) is 1. The van der Waals surface area contributed by atoms with Crippen molar-refractivity contribution in [2.75, 3.05) is 13.7 Å². The van der Waals surface area contributed by atoms with Gasteiger partial charge in [-0.25, -0.2) is 9.59 Å². The van der Waals surface area contributed by atoms with E-state index in [-0.39, 0.29) is 6.04 Å². The molecule has 0 saturated carbocycles. The van der Waals surface area contributed by atoms with Crippen LogP contribution >= 0.6 is 0 Å². The Morgan fingerprint density at radius 2 is 1.88 bits per heavy atom. The van der Waals surface area contributed by atoms with Crippen LogP contribution in [-0.2, 0) is 25.7 Å². The van der Waals surface area contributed by atoms with Gasteiger partial charge in [-0.05, 0) is 39.2 Å². The third-order valence-corrected chi connectivity index (χ3v) is 4.01. The van der Waals surface area contributed by atoms with Gasteiger partial charge < -0.3 is 9.47 Å². The molecular weight excluding hydrogens is 336 g/mol. The van der Waals surface area contributed by atoms with Gasteiger partial charge in [-0.1, -0.05) is 30.3 Å². The van der Waals surface area contributed by atoms with Crippen molar-refractivity contribution in [1.82, 2.24) is 10.4 Å². The Morgan fingerprint density at radius 1 is 1.19 bits per heavy atom. The van der Waals surface area contributed by atoms with Crippen LogP contribution in [0.5, 0.6) is 0 Å². The maximum Gasteiger partial charge on any atom is 0.411 e. The smallest absolute Gasteiger partial charge is 0.411 e. The van der Waals surface area contributed by atoms with E-state index in [1.165, 1.54) is 12.0 Å². The van der Waals surface area contributed by atoms with Crippen molar-refractivity contribution in [3.63, 3.8) is 0 Å². The van der Waals surface area contributed by atoms with Crippen LogP contribution in [0.3, 0.4) is 0 Å². The van der Waals surface area contributed by atoms with Crippen LogP contribution in [0.2, 0.25) is 0 Å². The SMILES string of the molecule is COC(=O)[C@H]1CC[C@H](NOCc2ccccc2)CN1C(=O)OC(C)(C)C. The molecule has 2 atom stereocenters. The number of amides is 1. The van der Waals surface area contributed by atoms with Gasteiger partial charge in [-0.3, -0.25) is 9.74 Å². The van der Waals surface area contributed by atoms with Crippen LogP contribution in [0, 0.1) is 0 Å². The van der Waals surface area contributed by atoms with Crippen molar-refractivity contribution in [3.05, 3.63) is 35.9 Å². The molecule has 2 rings (SSSR count). The highest BCUT2D eigenvalue weighted by molar-refractivity contribution is 5.81. The second-order valence-corrected chi connectivity index (χ2v) is 7.34. The predicted molar refractivity (Wildman–Crippen MR) is 96.1 cm³/mol. The van der Waals surface area contributed by atoms with Gasteiger partial charge in [0.15, 0.2) is 0 Å². The van der Waals surface area contributed by atoms with Crippen LogP contribution in [0.25, 0.3) is 0 Å². The molecule has 1 fully saturated rings. The minimum atomic E-state index is -0.637. The van der Waals surface area contributed by atoms with Crippen molar-refractivity contribution in [3.8, 4) is 0 Å². The quantitative estimate of drug-likeness (QED) is 0.639. The Labute approximate surface area is 154 Å². The summed E-state index contributed by atoms with van der Waals surface area (Å²) in [4.78, 5) is 31.5. The molecule has 1 aliphatic heterocycles. The molecule has 1 amide bonds. The molecule has 0 aliphatic carbocycles. The van der Waals surface area contributed by atoms with Crippen LogP contribution in [0.4, 0.5) is 4.79 Å². The summed E-state index contributed by atoms with van der Waals surface area (Å²) < 4.78 is 10.3. The highest BCUT2D eigenvalue weighted by Crippen LogP contribution is 2.22. The number of esters is 1. The first-order valence-electron chi connectivity index (χ1n) is 8.79. The van der Waals surface area contributed by atoms with Crippen LogP contribution < -0.4 is 5.48 Å². The normalized spacial score (nSPS) is 20.5. The van der Waals surface area contributed by atoms with Crippen molar-refractivity contribution in [2.24, 2.45) is 0 Å². The number of hydrogen-bond donors (Lipinski definition) is 1. The number of piperidine rings is 1. The maximum absolute atomic E-state index is 12.5. The summed E-state index contributed by atoms with van der Waals surface area (Å²) in [5.41, 5.74) is 3.41. The first-order valence-corrected chi connectivity index (χ1v) is 8.79. The largest absolute Gasteiger partial charge is 0.467 e. The van der Waals surface area contributed by atoms with E-state index in [2.05, 4.69) is 5.48 Å². The number of benzene rings is 1. The number of hydrogen-bond acceptors (Lipinski definition) is 6. The summed E-state index contributed by atoms with van der Waals surface area (Å²) in [5, 5.41) is 0. The van der Waals surface area contributed by atoms with Gasteiger partial charge in [0, 0.05) is 6.54 Å². The maximum atomic E-state index is 12.5. The van der Waals surface area contributed by atoms with E-state index in [9.17, 15) is 9.59 Å². The molecule has 0 unspecified atom stereocenters. The Balaban J connectivity index is 1.94. The Kier molecular flexibility index (Phi) is 6.99. The van der Waals surface area contributed by atoms with E-state index in [0.29, 0.717) is 26.0 Å². The molecule has 1 heterocycles.